The first-order valence-electron chi connectivity index (χ1n) is 8.25. The van der Waals surface area contributed by atoms with Gasteiger partial charge in [0, 0.05) is 21.4 Å². The van der Waals surface area contributed by atoms with E-state index in [9.17, 15) is 4.79 Å². The average molecular weight is 478 g/mol. The number of carbonyl (C=O) groups is 1. The molecule has 0 unspecified atom stereocenters. The van der Waals surface area contributed by atoms with Crippen LogP contribution in [0.15, 0.2) is 53.7 Å². The van der Waals surface area contributed by atoms with E-state index in [0.717, 1.165) is 32.3 Å². The minimum Gasteiger partial charge on any atom is -0.325 e. The summed E-state index contributed by atoms with van der Waals surface area (Å²) < 4.78 is 3.17. The molecule has 1 N–H and O–H groups in total. The predicted molar refractivity (Wildman–Crippen MR) is 114 cm³/mol. The van der Waals surface area contributed by atoms with Gasteiger partial charge in [0.05, 0.1) is 5.75 Å². The van der Waals surface area contributed by atoms with Crippen molar-refractivity contribution in [3.05, 3.63) is 57.7 Å². The van der Waals surface area contributed by atoms with Gasteiger partial charge in [-0.2, -0.15) is 0 Å². The zero-order valence-corrected chi connectivity index (χ0v) is 17.5. The van der Waals surface area contributed by atoms with Crippen molar-refractivity contribution in [2.75, 3.05) is 11.1 Å². The minimum absolute atomic E-state index is 0.0567. The highest BCUT2D eigenvalue weighted by molar-refractivity contribution is 14.1. The Morgan fingerprint density at radius 2 is 1.81 bits per heavy atom. The molecule has 0 saturated heterocycles. The van der Waals surface area contributed by atoms with Crippen LogP contribution in [0, 0.1) is 10.5 Å². The average Bonchev–Trinajstić information content (AvgIpc) is 3.05. The second kappa shape index (κ2) is 8.68. The monoisotopic (exact) mass is 478 g/mol. The van der Waals surface area contributed by atoms with E-state index in [1.54, 1.807) is 0 Å². The Hall–Kier alpha value is -1.87. The van der Waals surface area contributed by atoms with Crippen molar-refractivity contribution in [1.82, 2.24) is 14.8 Å². The van der Waals surface area contributed by atoms with Crippen molar-refractivity contribution in [2.45, 2.75) is 25.5 Å². The lowest BCUT2D eigenvalue weighted by molar-refractivity contribution is -0.113. The number of aromatic nitrogens is 3. The quantitative estimate of drug-likeness (QED) is 0.416. The Morgan fingerprint density at radius 3 is 2.46 bits per heavy atom. The molecule has 2 aromatic carbocycles. The lowest BCUT2D eigenvalue weighted by Gasteiger charge is -2.08. The van der Waals surface area contributed by atoms with E-state index in [4.69, 9.17) is 0 Å². The summed E-state index contributed by atoms with van der Waals surface area (Å²) in [5.41, 5.74) is 3.03. The van der Waals surface area contributed by atoms with E-state index in [1.165, 1.54) is 17.3 Å². The van der Waals surface area contributed by atoms with Gasteiger partial charge in [0.1, 0.15) is 0 Å². The molecular weight excluding hydrogens is 459 g/mol. The third-order valence-electron chi connectivity index (χ3n) is 3.80. The molecule has 3 rings (SSSR count). The maximum absolute atomic E-state index is 12.2. The number of halogens is 1. The molecule has 1 amide bonds. The van der Waals surface area contributed by atoms with Crippen LogP contribution in [0.4, 0.5) is 5.69 Å². The number of nitrogens with zero attached hydrogens (tertiary/aromatic N) is 3. The van der Waals surface area contributed by atoms with E-state index < -0.39 is 0 Å². The molecule has 0 radical (unpaired) electrons. The number of hydrogen-bond acceptors (Lipinski definition) is 4. The smallest absolute Gasteiger partial charge is 0.234 e. The number of amides is 1. The van der Waals surface area contributed by atoms with E-state index in [0.29, 0.717) is 0 Å². The number of rotatable bonds is 6. The lowest BCUT2D eigenvalue weighted by Crippen LogP contribution is -2.14. The van der Waals surface area contributed by atoms with Crippen LogP contribution < -0.4 is 5.32 Å². The third kappa shape index (κ3) is 4.64. The van der Waals surface area contributed by atoms with Crippen LogP contribution in [0.1, 0.15) is 12.5 Å². The van der Waals surface area contributed by atoms with Crippen molar-refractivity contribution >= 4 is 45.9 Å². The van der Waals surface area contributed by atoms with Crippen LogP contribution in [0.3, 0.4) is 0 Å². The number of benzene rings is 2. The van der Waals surface area contributed by atoms with Gasteiger partial charge in [0.15, 0.2) is 11.0 Å². The number of carbonyl (C=O) groups excluding carboxylic acids is 1. The summed E-state index contributed by atoms with van der Waals surface area (Å²) in [4.78, 5) is 12.2. The zero-order chi connectivity index (χ0) is 18.5. The van der Waals surface area contributed by atoms with Gasteiger partial charge in [-0.15, -0.1) is 10.2 Å². The first kappa shape index (κ1) is 18.9. The van der Waals surface area contributed by atoms with Gasteiger partial charge in [-0.25, -0.2) is 0 Å². The predicted octanol–water partition coefficient (Wildman–Crippen LogP) is 4.61. The molecule has 0 aliphatic carbocycles. The van der Waals surface area contributed by atoms with Crippen LogP contribution >= 0.6 is 34.4 Å². The highest BCUT2D eigenvalue weighted by Crippen LogP contribution is 2.24. The van der Waals surface area contributed by atoms with E-state index in [1.807, 2.05) is 41.0 Å². The molecule has 0 spiro atoms. The second-order valence-corrected chi connectivity index (χ2v) is 7.95. The van der Waals surface area contributed by atoms with Gasteiger partial charge >= 0.3 is 0 Å². The Labute approximate surface area is 170 Å². The van der Waals surface area contributed by atoms with Crippen molar-refractivity contribution in [3.8, 4) is 11.4 Å². The van der Waals surface area contributed by atoms with Crippen molar-refractivity contribution < 1.29 is 4.79 Å². The van der Waals surface area contributed by atoms with Gasteiger partial charge in [-0.3, -0.25) is 4.79 Å². The molecule has 0 aliphatic heterocycles. The zero-order valence-electron chi connectivity index (χ0n) is 14.6. The molecule has 1 aromatic heterocycles. The summed E-state index contributed by atoms with van der Waals surface area (Å²) in [7, 11) is 0. The highest BCUT2D eigenvalue weighted by Gasteiger charge is 2.14. The summed E-state index contributed by atoms with van der Waals surface area (Å²) in [6.07, 6.45) is 0. The number of thioether (sulfide) groups is 1. The Morgan fingerprint density at radius 1 is 1.12 bits per heavy atom. The van der Waals surface area contributed by atoms with Gasteiger partial charge in [-0.1, -0.05) is 41.6 Å². The molecule has 0 aliphatic rings. The van der Waals surface area contributed by atoms with Crippen LogP contribution in [0.2, 0.25) is 0 Å². The lowest BCUT2D eigenvalue weighted by atomic mass is 10.1. The molecule has 134 valence electrons. The van der Waals surface area contributed by atoms with E-state index >= 15 is 0 Å². The van der Waals surface area contributed by atoms with Crippen LogP contribution in [0.5, 0.6) is 0 Å². The summed E-state index contributed by atoms with van der Waals surface area (Å²) in [5.74, 6) is 1.06. The van der Waals surface area contributed by atoms with Gasteiger partial charge in [0.25, 0.3) is 0 Å². The summed E-state index contributed by atoms with van der Waals surface area (Å²) in [6, 6.07) is 15.9. The molecule has 1 heterocycles. The highest BCUT2D eigenvalue weighted by atomic mass is 127. The fourth-order valence-corrected chi connectivity index (χ4v) is 3.62. The summed E-state index contributed by atoms with van der Waals surface area (Å²) in [6.45, 7) is 4.86. The SMILES string of the molecule is CCn1c(SCC(=O)Nc2ccc(I)cc2)nnc1-c1ccc(C)cc1. The molecule has 3 aromatic rings. The van der Waals surface area contributed by atoms with Gasteiger partial charge in [0.2, 0.25) is 5.91 Å². The first-order valence-corrected chi connectivity index (χ1v) is 10.3. The standard InChI is InChI=1S/C19H19IN4OS/c1-3-24-18(14-6-4-13(2)5-7-14)22-23-19(24)26-12-17(25)21-16-10-8-15(20)9-11-16/h4-11H,3,12H2,1-2H3,(H,21,25). The van der Waals surface area contributed by atoms with Crippen LogP contribution in [0.25, 0.3) is 11.4 Å². The summed E-state index contributed by atoms with van der Waals surface area (Å²) in [5, 5.41) is 12.2. The molecule has 5 nitrogen and oxygen atoms in total. The Kier molecular flexibility index (Phi) is 6.31. The number of hydrogen-bond donors (Lipinski definition) is 1. The third-order valence-corrected chi connectivity index (χ3v) is 5.49. The first-order chi connectivity index (χ1) is 12.6. The molecular formula is C19H19IN4OS. The molecule has 0 saturated carbocycles. The molecule has 26 heavy (non-hydrogen) atoms. The molecule has 0 atom stereocenters. The number of nitrogens with one attached hydrogen (secondary N) is 1. The number of aryl methyl sites for hydroxylation is 1. The maximum atomic E-state index is 12.2. The molecule has 0 bridgehead atoms. The van der Waals surface area contributed by atoms with Crippen molar-refractivity contribution in [2.24, 2.45) is 0 Å². The second-order valence-electron chi connectivity index (χ2n) is 5.76. The largest absolute Gasteiger partial charge is 0.325 e. The van der Waals surface area contributed by atoms with Gasteiger partial charge in [-0.05, 0) is 60.7 Å². The Balaban J connectivity index is 1.67. The molecule has 7 heteroatoms. The van der Waals surface area contributed by atoms with Crippen LogP contribution in [-0.4, -0.2) is 26.4 Å². The van der Waals surface area contributed by atoms with E-state index in [2.05, 4.69) is 64.1 Å². The number of anilines is 1. The fraction of sp³-hybridized carbons (Fsp3) is 0.211. The summed E-state index contributed by atoms with van der Waals surface area (Å²) >= 11 is 3.63. The topological polar surface area (TPSA) is 59.8 Å². The van der Waals surface area contributed by atoms with Crippen molar-refractivity contribution in [1.29, 1.82) is 0 Å². The van der Waals surface area contributed by atoms with Crippen molar-refractivity contribution in [3.63, 3.8) is 0 Å². The fourth-order valence-electron chi connectivity index (χ4n) is 2.46. The molecule has 0 fully saturated rings. The normalized spacial score (nSPS) is 10.7. The minimum atomic E-state index is -0.0567. The maximum Gasteiger partial charge on any atom is 0.234 e. The Bertz CT molecular complexity index is 891. The van der Waals surface area contributed by atoms with Gasteiger partial charge < -0.3 is 9.88 Å². The van der Waals surface area contributed by atoms with E-state index in [-0.39, 0.29) is 11.7 Å². The van der Waals surface area contributed by atoms with Crippen LogP contribution in [-0.2, 0) is 11.3 Å².